The van der Waals surface area contributed by atoms with Gasteiger partial charge in [-0.1, -0.05) is 30.3 Å². The maximum absolute atomic E-state index is 14.4. The van der Waals surface area contributed by atoms with Gasteiger partial charge in [0.2, 0.25) is 10.0 Å². The molecule has 1 saturated carbocycles. The van der Waals surface area contributed by atoms with Crippen LogP contribution in [0.4, 0.5) is 10.1 Å². The van der Waals surface area contributed by atoms with Crippen molar-refractivity contribution in [2.75, 3.05) is 25.5 Å². The number of hydrogen-bond acceptors (Lipinski definition) is 3. The van der Waals surface area contributed by atoms with E-state index < -0.39 is 15.8 Å². The maximum atomic E-state index is 14.4. The van der Waals surface area contributed by atoms with Gasteiger partial charge in [0.25, 0.3) is 0 Å². The number of sulfonamides is 1. The summed E-state index contributed by atoms with van der Waals surface area (Å²) >= 11 is 0. The highest BCUT2D eigenvalue weighted by Gasteiger charge is 2.45. The molecule has 0 radical (unpaired) electrons. The molecule has 0 amide bonds. The van der Waals surface area contributed by atoms with Crippen LogP contribution in [0.2, 0.25) is 0 Å². The van der Waals surface area contributed by atoms with Crippen molar-refractivity contribution in [1.82, 2.24) is 4.72 Å². The summed E-state index contributed by atoms with van der Waals surface area (Å²) in [6, 6.07) is 14.3. The Morgan fingerprint density at radius 1 is 1.17 bits per heavy atom. The average Bonchev–Trinajstić information content (AvgIpc) is 3.36. The Balaban J connectivity index is 1.83. The van der Waals surface area contributed by atoms with Crippen molar-refractivity contribution in [3.8, 4) is 0 Å². The minimum Gasteiger partial charge on any atom is -0.371 e. The number of halogens is 1. The molecule has 0 atom stereocenters. The smallest absolute Gasteiger partial charge is 0.240 e. The number of hydrogen-bond donors (Lipinski definition) is 1. The van der Waals surface area contributed by atoms with Crippen LogP contribution in [0.1, 0.15) is 18.4 Å². The van der Waals surface area contributed by atoms with Crippen LogP contribution in [-0.4, -0.2) is 29.1 Å². The molecule has 3 rings (SSSR count). The van der Waals surface area contributed by atoms with E-state index in [-0.39, 0.29) is 10.3 Å². The highest BCUT2D eigenvalue weighted by atomic mass is 32.2. The number of nitrogens with zero attached hydrogens (tertiary/aromatic N) is 1. The molecule has 24 heavy (non-hydrogen) atoms. The Morgan fingerprint density at radius 3 is 2.38 bits per heavy atom. The van der Waals surface area contributed by atoms with E-state index in [1.165, 1.54) is 24.7 Å². The van der Waals surface area contributed by atoms with Crippen molar-refractivity contribution >= 4 is 15.7 Å². The standard InChI is InChI=1S/C18H21FN2O2S/c1-20-24(22,23)15-8-9-17(16(19)12-15)21(2)13-18(10-11-18)14-6-4-3-5-7-14/h3-9,12,20H,10-11,13H2,1-2H3. The summed E-state index contributed by atoms with van der Waals surface area (Å²) in [6.45, 7) is 0.700. The van der Waals surface area contributed by atoms with Crippen molar-refractivity contribution in [1.29, 1.82) is 0 Å². The number of likely N-dealkylation sites (N-methyl/N-ethyl adjacent to an activating group) is 1. The number of anilines is 1. The Labute approximate surface area is 142 Å². The summed E-state index contributed by atoms with van der Waals surface area (Å²) in [5.41, 5.74) is 1.75. The Morgan fingerprint density at radius 2 is 1.83 bits per heavy atom. The lowest BCUT2D eigenvalue weighted by molar-refractivity contribution is 0.581. The summed E-state index contributed by atoms with van der Waals surface area (Å²) in [4.78, 5) is 1.80. The van der Waals surface area contributed by atoms with Crippen molar-refractivity contribution in [3.63, 3.8) is 0 Å². The first kappa shape index (κ1) is 16.9. The molecule has 2 aromatic rings. The van der Waals surface area contributed by atoms with Crippen molar-refractivity contribution in [2.45, 2.75) is 23.2 Å². The number of nitrogens with one attached hydrogen (secondary N) is 1. The second-order valence-corrected chi connectivity index (χ2v) is 8.21. The molecule has 0 bridgehead atoms. The minimum atomic E-state index is -3.64. The molecule has 6 heteroatoms. The van der Waals surface area contributed by atoms with Gasteiger partial charge in [-0.3, -0.25) is 0 Å². The van der Waals surface area contributed by atoms with Gasteiger partial charge in [-0.05, 0) is 43.7 Å². The molecule has 1 aliphatic carbocycles. The van der Waals surface area contributed by atoms with Gasteiger partial charge in [-0.25, -0.2) is 17.5 Å². The second-order valence-electron chi connectivity index (χ2n) is 6.32. The molecule has 1 N–H and O–H groups in total. The lowest BCUT2D eigenvalue weighted by Gasteiger charge is -2.26. The first-order valence-electron chi connectivity index (χ1n) is 7.88. The molecule has 1 fully saturated rings. The highest BCUT2D eigenvalue weighted by Crippen LogP contribution is 2.49. The van der Waals surface area contributed by atoms with Gasteiger partial charge in [0.15, 0.2) is 0 Å². The molecule has 0 heterocycles. The van der Waals surface area contributed by atoms with Crippen LogP contribution in [0.15, 0.2) is 53.4 Å². The topological polar surface area (TPSA) is 49.4 Å². The third kappa shape index (κ3) is 3.16. The largest absolute Gasteiger partial charge is 0.371 e. The second kappa shape index (κ2) is 6.18. The van der Waals surface area contributed by atoms with E-state index >= 15 is 0 Å². The van der Waals surface area contributed by atoms with Crippen LogP contribution < -0.4 is 9.62 Å². The average molecular weight is 348 g/mol. The zero-order valence-corrected chi connectivity index (χ0v) is 14.6. The third-order valence-corrected chi connectivity index (χ3v) is 6.10. The van der Waals surface area contributed by atoms with Gasteiger partial charge in [0.05, 0.1) is 10.6 Å². The summed E-state index contributed by atoms with van der Waals surface area (Å²) in [6.07, 6.45) is 2.16. The molecule has 4 nitrogen and oxygen atoms in total. The fraction of sp³-hybridized carbons (Fsp3) is 0.333. The highest BCUT2D eigenvalue weighted by molar-refractivity contribution is 7.89. The van der Waals surface area contributed by atoms with Crippen LogP contribution in [0.3, 0.4) is 0 Å². The SMILES string of the molecule is CNS(=O)(=O)c1ccc(N(C)CC2(c3ccccc3)CC2)c(F)c1. The first-order chi connectivity index (χ1) is 11.4. The lowest BCUT2D eigenvalue weighted by Crippen LogP contribution is -2.30. The molecule has 1 aliphatic rings. The van der Waals surface area contributed by atoms with Crippen LogP contribution in [0.25, 0.3) is 0 Å². The molecule has 2 aromatic carbocycles. The molecule has 128 valence electrons. The first-order valence-corrected chi connectivity index (χ1v) is 9.36. The fourth-order valence-corrected chi connectivity index (χ4v) is 3.84. The Hall–Kier alpha value is -1.92. The van der Waals surface area contributed by atoms with E-state index in [0.29, 0.717) is 12.2 Å². The van der Waals surface area contributed by atoms with Gasteiger partial charge in [0.1, 0.15) is 5.82 Å². The lowest BCUT2D eigenvalue weighted by atomic mass is 9.95. The van der Waals surface area contributed by atoms with Crippen molar-refractivity contribution in [2.24, 2.45) is 0 Å². The van der Waals surface area contributed by atoms with Gasteiger partial charge in [0, 0.05) is 19.0 Å². The summed E-state index contributed by atoms with van der Waals surface area (Å²) in [7, 11) is -0.487. The van der Waals surface area contributed by atoms with Crippen LogP contribution in [0, 0.1) is 5.82 Å². The Bertz CT molecular complexity index is 833. The number of rotatable bonds is 6. The van der Waals surface area contributed by atoms with E-state index in [4.69, 9.17) is 0 Å². The van der Waals surface area contributed by atoms with Crippen molar-refractivity contribution < 1.29 is 12.8 Å². The molecule has 0 saturated heterocycles. The van der Waals surface area contributed by atoms with E-state index in [9.17, 15) is 12.8 Å². The quantitative estimate of drug-likeness (QED) is 0.873. The van der Waals surface area contributed by atoms with E-state index in [1.807, 2.05) is 30.1 Å². The van der Waals surface area contributed by atoms with Gasteiger partial charge in [-0.15, -0.1) is 0 Å². The van der Waals surface area contributed by atoms with Gasteiger partial charge >= 0.3 is 0 Å². The zero-order chi connectivity index (χ0) is 17.4. The summed E-state index contributed by atoms with van der Waals surface area (Å²) < 4.78 is 40.2. The van der Waals surface area contributed by atoms with E-state index in [2.05, 4.69) is 16.9 Å². The van der Waals surface area contributed by atoms with Gasteiger partial charge in [-0.2, -0.15) is 0 Å². The number of benzene rings is 2. The summed E-state index contributed by atoms with van der Waals surface area (Å²) in [5.74, 6) is -0.530. The van der Waals surface area contributed by atoms with E-state index in [1.54, 1.807) is 0 Å². The maximum Gasteiger partial charge on any atom is 0.240 e. The normalized spacial score (nSPS) is 16.0. The molecular weight excluding hydrogens is 327 g/mol. The van der Waals surface area contributed by atoms with Crippen LogP contribution >= 0.6 is 0 Å². The molecular formula is C18H21FN2O2S. The van der Waals surface area contributed by atoms with Crippen molar-refractivity contribution in [3.05, 3.63) is 59.9 Å². The van der Waals surface area contributed by atoms with Crippen LogP contribution in [-0.2, 0) is 15.4 Å². The molecule has 0 aromatic heterocycles. The summed E-state index contributed by atoms with van der Waals surface area (Å²) in [5, 5.41) is 0. The van der Waals surface area contributed by atoms with E-state index in [0.717, 1.165) is 18.9 Å². The zero-order valence-electron chi connectivity index (χ0n) is 13.8. The predicted molar refractivity (Wildman–Crippen MR) is 93.3 cm³/mol. The van der Waals surface area contributed by atoms with Gasteiger partial charge < -0.3 is 4.90 Å². The minimum absolute atomic E-state index is 0.0659. The third-order valence-electron chi connectivity index (χ3n) is 4.69. The van der Waals surface area contributed by atoms with Crippen LogP contribution in [0.5, 0.6) is 0 Å². The predicted octanol–water partition coefficient (Wildman–Crippen LogP) is 2.90. The Kier molecular flexibility index (Phi) is 4.36. The fourth-order valence-electron chi connectivity index (χ4n) is 3.10. The molecule has 0 unspecified atom stereocenters. The monoisotopic (exact) mass is 348 g/mol. The molecule has 0 aliphatic heterocycles. The molecule has 0 spiro atoms.